The zero-order chi connectivity index (χ0) is 15.2. The van der Waals surface area contributed by atoms with Crippen molar-refractivity contribution in [3.05, 3.63) is 35.9 Å². The third-order valence-corrected chi connectivity index (χ3v) is 3.44. The van der Waals surface area contributed by atoms with Crippen molar-refractivity contribution < 1.29 is 27.9 Å². The number of nitrogens with two attached hydrogens (primary N) is 1. The van der Waals surface area contributed by atoms with Gasteiger partial charge in [-0.25, -0.2) is 17.9 Å². The average molecular weight is 302 g/mol. The fraction of sp³-hybridized carbons (Fsp3) is 0.273. The van der Waals surface area contributed by atoms with Gasteiger partial charge in [0.15, 0.2) is 0 Å². The predicted molar refractivity (Wildman–Crippen MR) is 69.2 cm³/mol. The monoisotopic (exact) mass is 302 g/mol. The summed E-state index contributed by atoms with van der Waals surface area (Å²) < 4.78 is 29.1. The molecule has 8 nitrogen and oxygen atoms in total. The van der Waals surface area contributed by atoms with Crippen LogP contribution in [0.3, 0.4) is 0 Å². The van der Waals surface area contributed by atoms with Crippen LogP contribution in [0.1, 0.15) is 5.56 Å². The highest BCUT2D eigenvalue weighted by atomic mass is 32.2. The van der Waals surface area contributed by atoms with Crippen LogP contribution in [0.25, 0.3) is 0 Å². The van der Waals surface area contributed by atoms with Crippen LogP contribution in [0.2, 0.25) is 0 Å². The van der Waals surface area contributed by atoms with Crippen LogP contribution in [0.4, 0.5) is 4.79 Å². The standard InChI is InChI=1S/C11H14N2O6S/c12-9(10(14)15)7-20(17,18)13-11(16)19-6-8-4-2-1-3-5-8/h1-5,9H,6-7,12H2,(H,13,16)(H,14,15)/t9-/m0/s1. The van der Waals surface area contributed by atoms with E-state index in [2.05, 4.69) is 4.74 Å². The second kappa shape index (κ2) is 6.87. The highest BCUT2D eigenvalue weighted by Gasteiger charge is 2.23. The second-order valence-electron chi connectivity index (χ2n) is 3.89. The molecule has 0 bridgehead atoms. The molecule has 110 valence electrons. The van der Waals surface area contributed by atoms with Crippen LogP contribution in [0.5, 0.6) is 0 Å². The molecule has 1 rings (SSSR count). The summed E-state index contributed by atoms with van der Waals surface area (Å²) in [6, 6.07) is 7.03. The Bertz CT molecular complexity index is 572. The molecule has 0 aliphatic heterocycles. The van der Waals surface area contributed by atoms with Gasteiger partial charge >= 0.3 is 12.1 Å². The zero-order valence-corrected chi connectivity index (χ0v) is 11.2. The molecule has 1 amide bonds. The lowest BCUT2D eigenvalue weighted by Crippen LogP contribution is -2.43. The van der Waals surface area contributed by atoms with Crippen LogP contribution in [0.15, 0.2) is 30.3 Å². The van der Waals surface area contributed by atoms with Crippen molar-refractivity contribution in [2.24, 2.45) is 5.73 Å². The lowest BCUT2D eigenvalue weighted by atomic mass is 10.2. The number of sulfonamides is 1. The normalized spacial score (nSPS) is 12.4. The van der Waals surface area contributed by atoms with Crippen molar-refractivity contribution in [2.45, 2.75) is 12.6 Å². The van der Waals surface area contributed by atoms with Crippen molar-refractivity contribution in [3.63, 3.8) is 0 Å². The molecule has 0 heterocycles. The Morgan fingerprint density at radius 1 is 1.30 bits per heavy atom. The van der Waals surface area contributed by atoms with E-state index in [4.69, 9.17) is 10.8 Å². The molecule has 0 aliphatic carbocycles. The van der Waals surface area contributed by atoms with Gasteiger partial charge in [0.05, 0.1) is 5.75 Å². The minimum absolute atomic E-state index is 0.104. The summed E-state index contributed by atoms with van der Waals surface area (Å²) in [5.74, 6) is -2.39. The number of carbonyl (C=O) groups is 2. The van der Waals surface area contributed by atoms with Crippen molar-refractivity contribution in [1.29, 1.82) is 0 Å². The number of aliphatic carboxylic acids is 1. The van der Waals surface area contributed by atoms with Gasteiger partial charge in [-0.15, -0.1) is 0 Å². The van der Waals surface area contributed by atoms with Crippen LogP contribution in [-0.4, -0.2) is 37.4 Å². The first-order valence-electron chi connectivity index (χ1n) is 5.50. The summed E-state index contributed by atoms with van der Waals surface area (Å²) in [6.45, 7) is -0.104. The second-order valence-corrected chi connectivity index (χ2v) is 5.66. The Kier molecular flexibility index (Phi) is 5.47. The van der Waals surface area contributed by atoms with Crippen LogP contribution >= 0.6 is 0 Å². The van der Waals surface area contributed by atoms with Gasteiger partial charge in [0.1, 0.15) is 12.6 Å². The van der Waals surface area contributed by atoms with E-state index in [1.54, 1.807) is 35.1 Å². The summed E-state index contributed by atoms with van der Waals surface area (Å²) in [5.41, 5.74) is 5.76. The van der Waals surface area contributed by atoms with Crippen LogP contribution in [0, 0.1) is 0 Å². The fourth-order valence-electron chi connectivity index (χ4n) is 1.23. The van der Waals surface area contributed by atoms with E-state index in [-0.39, 0.29) is 6.61 Å². The Labute approximate surface area is 115 Å². The number of hydrogen-bond acceptors (Lipinski definition) is 6. The molecule has 0 radical (unpaired) electrons. The van der Waals surface area contributed by atoms with Gasteiger partial charge in [0.2, 0.25) is 10.0 Å². The summed E-state index contributed by atoms with van der Waals surface area (Å²) in [7, 11) is -4.16. The first-order chi connectivity index (χ1) is 9.30. The summed E-state index contributed by atoms with van der Waals surface area (Å²) >= 11 is 0. The molecule has 0 saturated carbocycles. The van der Waals surface area contributed by atoms with Gasteiger partial charge in [-0.3, -0.25) is 4.79 Å². The minimum atomic E-state index is -4.16. The lowest BCUT2D eigenvalue weighted by molar-refractivity contribution is -0.137. The largest absolute Gasteiger partial charge is 0.480 e. The van der Waals surface area contributed by atoms with Gasteiger partial charge < -0.3 is 15.6 Å². The first kappa shape index (κ1) is 15.9. The van der Waals surface area contributed by atoms with Crippen LogP contribution < -0.4 is 10.5 Å². The molecule has 0 aliphatic rings. The number of nitrogens with one attached hydrogen (secondary N) is 1. The molecule has 4 N–H and O–H groups in total. The molecule has 1 aromatic rings. The van der Waals surface area contributed by atoms with Crippen LogP contribution in [-0.2, 0) is 26.2 Å². The van der Waals surface area contributed by atoms with E-state index in [1.165, 1.54) is 0 Å². The zero-order valence-electron chi connectivity index (χ0n) is 10.4. The Balaban J connectivity index is 2.47. The molecule has 0 aromatic heterocycles. The third kappa shape index (κ3) is 5.67. The lowest BCUT2D eigenvalue weighted by Gasteiger charge is -2.09. The van der Waals surface area contributed by atoms with E-state index in [9.17, 15) is 18.0 Å². The summed E-state index contributed by atoms with van der Waals surface area (Å²) in [6.07, 6.45) is -1.19. The van der Waals surface area contributed by atoms with Crippen molar-refractivity contribution in [1.82, 2.24) is 4.72 Å². The van der Waals surface area contributed by atoms with E-state index in [1.807, 2.05) is 0 Å². The molecule has 1 atom stereocenters. The summed E-state index contributed by atoms with van der Waals surface area (Å²) in [5, 5.41) is 8.50. The SMILES string of the molecule is N[C@@H](CS(=O)(=O)NC(=O)OCc1ccccc1)C(=O)O. The molecular formula is C11H14N2O6S. The summed E-state index contributed by atoms with van der Waals surface area (Å²) in [4.78, 5) is 21.7. The average Bonchev–Trinajstić information content (AvgIpc) is 2.36. The van der Waals surface area contributed by atoms with E-state index < -0.39 is 33.9 Å². The molecule has 20 heavy (non-hydrogen) atoms. The highest BCUT2D eigenvalue weighted by Crippen LogP contribution is 2.01. The van der Waals surface area contributed by atoms with Crippen molar-refractivity contribution in [2.75, 3.05) is 5.75 Å². The number of ether oxygens (including phenoxy) is 1. The van der Waals surface area contributed by atoms with E-state index >= 15 is 0 Å². The number of benzene rings is 1. The van der Waals surface area contributed by atoms with Gasteiger partial charge in [-0.2, -0.15) is 0 Å². The Morgan fingerprint density at radius 3 is 2.45 bits per heavy atom. The number of carbonyl (C=O) groups excluding carboxylic acids is 1. The molecule has 9 heteroatoms. The molecular weight excluding hydrogens is 288 g/mol. The maximum atomic E-state index is 11.4. The van der Waals surface area contributed by atoms with Crippen molar-refractivity contribution in [3.8, 4) is 0 Å². The van der Waals surface area contributed by atoms with Gasteiger partial charge in [0, 0.05) is 0 Å². The fourth-order valence-corrected chi connectivity index (χ4v) is 2.24. The number of carboxylic acid groups (broad SMARTS) is 1. The minimum Gasteiger partial charge on any atom is -0.480 e. The van der Waals surface area contributed by atoms with E-state index in [0.717, 1.165) is 0 Å². The highest BCUT2D eigenvalue weighted by molar-refractivity contribution is 7.90. The van der Waals surface area contributed by atoms with Gasteiger partial charge in [-0.1, -0.05) is 30.3 Å². The van der Waals surface area contributed by atoms with E-state index in [0.29, 0.717) is 5.56 Å². The molecule has 1 aromatic carbocycles. The molecule has 0 saturated heterocycles. The quantitative estimate of drug-likeness (QED) is 0.653. The Hall–Kier alpha value is -2.13. The smallest absolute Gasteiger partial charge is 0.421 e. The number of carboxylic acids is 1. The Morgan fingerprint density at radius 2 is 1.90 bits per heavy atom. The van der Waals surface area contributed by atoms with Gasteiger partial charge in [-0.05, 0) is 5.56 Å². The first-order valence-corrected chi connectivity index (χ1v) is 7.15. The maximum Gasteiger partial charge on any atom is 0.421 e. The number of hydrogen-bond donors (Lipinski definition) is 3. The molecule has 0 unspecified atom stereocenters. The topological polar surface area (TPSA) is 136 Å². The molecule has 0 fully saturated rings. The third-order valence-electron chi connectivity index (χ3n) is 2.17. The number of rotatable bonds is 6. The molecule has 0 spiro atoms. The number of amides is 1. The van der Waals surface area contributed by atoms with Crippen molar-refractivity contribution >= 4 is 22.1 Å². The maximum absolute atomic E-state index is 11.4. The predicted octanol–water partition coefficient (Wildman–Crippen LogP) is -0.346. The van der Waals surface area contributed by atoms with Gasteiger partial charge in [0.25, 0.3) is 0 Å².